The van der Waals surface area contributed by atoms with Crippen LogP contribution in [0.5, 0.6) is 0 Å². The van der Waals surface area contributed by atoms with Gasteiger partial charge >= 0.3 is 0 Å². The van der Waals surface area contributed by atoms with Gasteiger partial charge in [0.2, 0.25) is 0 Å². The lowest BCUT2D eigenvalue weighted by molar-refractivity contribution is 0.359. The van der Waals surface area contributed by atoms with E-state index in [2.05, 4.69) is 11.8 Å². The van der Waals surface area contributed by atoms with Gasteiger partial charge in [0, 0.05) is 1.37 Å². The van der Waals surface area contributed by atoms with Crippen molar-refractivity contribution in [2.75, 3.05) is 19.6 Å². The molecule has 1 rings (SSSR count). The van der Waals surface area contributed by atoms with Crippen LogP contribution in [-0.4, -0.2) is 24.5 Å². The molecule has 0 saturated carbocycles. The largest absolute Gasteiger partial charge is 0.304 e. The van der Waals surface area contributed by atoms with Crippen LogP contribution in [0.15, 0.2) is 0 Å². The van der Waals surface area contributed by atoms with Gasteiger partial charge in [-0.25, -0.2) is 0 Å². The Morgan fingerprint density at radius 3 is 2.86 bits per heavy atom. The van der Waals surface area contributed by atoms with Crippen molar-refractivity contribution in [3.05, 3.63) is 0 Å². The second-order valence-electron chi connectivity index (χ2n) is 1.95. The van der Waals surface area contributed by atoms with Gasteiger partial charge in [-0.3, -0.25) is 0 Å². The molecule has 0 radical (unpaired) electrons. The van der Waals surface area contributed by atoms with Crippen LogP contribution in [-0.2, 0) is 0 Å². The number of hydrogen-bond donors (Lipinski definition) is 0. The van der Waals surface area contributed by atoms with E-state index >= 15 is 0 Å². The molecule has 1 atom stereocenters. The number of likely N-dealkylation sites (tertiary alicyclic amines) is 1. The van der Waals surface area contributed by atoms with Crippen molar-refractivity contribution in [1.29, 1.82) is 0 Å². The van der Waals surface area contributed by atoms with Gasteiger partial charge in [0.05, 0.1) is 0 Å². The summed E-state index contributed by atoms with van der Waals surface area (Å²) in [6, 6.07) is 0. The van der Waals surface area contributed by atoms with Crippen LogP contribution >= 0.6 is 0 Å². The van der Waals surface area contributed by atoms with Crippen molar-refractivity contribution in [3.63, 3.8) is 0 Å². The van der Waals surface area contributed by atoms with Crippen LogP contribution in [0.4, 0.5) is 0 Å². The van der Waals surface area contributed by atoms with E-state index in [1.807, 2.05) is 0 Å². The van der Waals surface area contributed by atoms with Crippen molar-refractivity contribution in [2.24, 2.45) is 0 Å². The van der Waals surface area contributed by atoms with Gasteiger partial charge in [0.25, 0.3) is 0 Å². The molecule has 1 aliphatic heterocycles. The molecule has 1 heteroatoms. The molecule has 0 aromatic carbocycles. The predicted octanol–water partition coefficient (Wildman–Crippen LogP) is 1.10. The van der Waals surface area contributed by atoms with E-state index in [-0.39, 0.29) is 6.52 Å². The Kier molecular flexibility index (Phi) is 1.29. The number of rotatable bonds is 1. The second kappa shape index (κ2) is 2.31. The van der Waals surface area contributed by atoms with E-state index in [0.717, 1.165) is 19.5 Å². The van der Waals surface area contributed by atoms with Crippen molar-refractivity contribution in [2.45, 2.75) is 19.8 Å². The molecule has 7 heavy (non-hydrogen) atoms. The first-order chi connectivity index (χ1) is 3.84. The Labute approximate surface area is 46.7 Å². The average Bonchev–Trinajstić information content (AvgIpc) is 2.14. The first kappa shape index (κ1) is 3.90. The first-order valence-corrected chi connectivity index (χ1v) is 3.01. The smallest absolute Gasteiger partial charge is 0.0431 e. The Morgan fingerprint density at radius 2 is 2.57 bits per heavy atom. The highest BCUT2D eigenvalue weighted by atomic mass is 15.1. The Hall–Kier alpha value is -0.0400. The van der Waals surface area contributed by atoms with E-state index in [1.54, 1.807) is 0 Å². The van der Waals surface area contributed by atoms with Crippen LogP contribution in [0.1, 0.15) is 21.1 Å². The Balaban J connectivity index is 2.30. The predicted molar refractivity (Wildman–Crippen MR) is 31.3 cm³/mol. The highest BCUT2D eigenvalue weighted by molar-refractivity contribution is 4.62. The standard InChI is InChI=1S/C6H13N/c1-2-7-5-3-4-6-7/h2-6H2,1H3/i5D/t5-/m0/s1. The molecule has 42 valence electrons. The zero-order valence-electron chi connectivity index (χ0n) is 5.85. The maximum Gasteiger partial charge on any atom is 0.0431 e. The zero-order valence-corrected chi connectivity index (χ0v) is 4.85. The minimum Gasteiger partial charge on any atom is -0.304 e. The summed E-state index contributed by atoms with van der Waals surface area (Å²) in [6.07, 6.45) is 2.30. The molecule has 0 aliphatic carbocycles. The normalized spacial score (nSPS) is 36.1. The molecule has 1 saturated heterocycles. The third kappa shape index (κ3) is 1.16. The van der Waals surface area contributed by atoms with Gasteiger partial charge in [0.15, 0.2) is 0 Å². The topological polar surface area (TPSA) is 3.24 Å². The quantitative estimate of drug-likeness (QED) is 0.477. The lowest BCUT2D eigenvalue weighted by Gasteiger charge is -2.08. The van der Waals surface area contributed by atoms with Crippen LogP contribution in [0.25, 0.3) is 0 Å². The van der Waals surface area contributed by atoms with Crippen LogP contribution in [0.3, 0.4) is 0 Å². The van der Waals surface area contributed by atoms with Crippen molar-refractivity contribution >= 4 is 0 Å². The maximum atomic E-state index is 7.42. The summed E-state index contributed by atoms with van der Waals surface area (Å²) in [4.78, 5) is 2.19. The highest BCUT2D eigenvalue weighted by Crippen LogP contribution is 2.04. The van der Waals surface area contributed by atoms with Gasteiger partial charge < -0.3 is 4.90 Å². The monoisotopic (exact) mass is 100 g/mol. The Bertz CT molecular complexity index is 74.9. The molecule has 1 fully saturated rings. The lowest BCUT2D eigenvalue weighted by atomic mass is 10.4. The van der Waals surface area contributed by atoms with E-state index in [1.165, 1.54) is 6.42 Å². The molecule has 0 spiro atoms. The second-order valence-corrected chi connectivity index (χ2v) is 1.95. The molecule has 0 amide bonds. The average molecular weight is 100 g/mol. The van der Waals surface area contributed by atoms with E-state index < -0.39 is 0 Å². The van der Waals surface area contributed by atoms with Crippen molar-refractivity contribution in [1.82, 2.24) is 4.90 Å². The summed E-state index contributed by atoms with van der Waals surface area (Å²) >= 11 is 0. The molecular weight excluding hydrogens is 86.1 g/mol. The van der Waals surface area contributed by atoms with Crippen LogP contribution in [0.2, 0.25) is 0 Å². The molecule has 0 bridgehead atoms. The summed E-state index contributed by atoms with van der Waals surface area (Å²) in [5.74, 6) is 0. The first-order valence-electron chi connectivity index (χ1n) is 3.58. The van der Waals surface area contributed by atoms with Gasteiger partial charge in [0.1, 0.15) is 0 Å². The van der Waals surface area contributed by atoms with E-state index in [0.29, 0.717) is 0 Å². The highest BCUT2D eigenvalue weighted by Gasteiger charge is 2.06. The fraction of sp³-hybridized carbons (Fsp3) is 1.00. The minimum absolute atomic E-state index is 0.111. The summed E-state index contributed by atoms with van der Waals surface area (Å²) < 4.78 is 7.42. The molecule has 1 heterocycles. The fourth-order valence-corrected chi connectivity index (χ4v) is 0.947. The van der Waals surface area contributed by atoms with E-state index in [4.69, 9.17) is 1.37 Å². The van der Waals surface area contributed by atoms with Gasteiger partial charge in [-0.1, -0.05) is 6.92 Å². The molecule has 1 nitrogen and oxygen atoms in total. The maximum absolute atomic E-state index is 7.42. The van der Waals surface area contributed by atoms with Gasteiger partial charge in [-0.15, -0.1) is 0 Å². The summed E-state index contributed by atoms with van der Waals surface area (Å²) in [5.41, 5.74) is 0. The summed E-state index contributed by atoms with van der Waals surface area (Å²) in [7, 11) is 0. The van der Waals surface area contributed by atoms with E-state index in [9.17, 15) is 0 Å². The summed E-state index contributed by atoms with van der Waals surface area (Å²) in [5, 5.41) is 0. The third-order valence-electron chi connectivity index (χ3n) is 1.44. The molecule has 1 aliphatic rings. The molecule has 0 aromatic heterocycles. The van der Waals surface area contributed by atoms with Crippen LogP contribution < -0.4 is 0 Å². The molecule has 0 aromatic rings. The van der Waals surface area contributed by atoms with Crippen molar-refractivity contribution < 1.29 is 1.37 Å². The van der Waals surface area contributed by atoms with Crippen molar-refractivity contribution in [3.8, 4) is 0 Å². The minimum atomic E-state index is 0.111. The van der Waals surface area contributed by atoms with Crippen LogP contribution in [0, 0.1) is 0 Å². The number of nitrogens with zero attached hydrogens (tertiary/aromatic N) is 1. The van der Waals surface area contributed by atoms with Gasteiger partial charge in [-0.05, 0) is 32.5 Å². The molecule has 0 unspecified atom stereocenters. The lowest BCUT2D eigenvalue weighted by Crippen LogP contribution is -2.17. The number of hydrogen-bond acceptors (Lipinski definition) is 1. The molecular formula is C6H13N. The third-order valence-corrected chi connectivity index (χ3v) is 1.44. The summed E-state index contributed by atoms with van der Waals surface area (Å²) in [6.45, 7) is 4.42. The molecule has 0 N–H and O–H groups in total. The Morgan fingerprint density at radius 1 is 1.71 bits per heavy atom. The zero-order chi connectivity index (χ0) is 5.98. The SMILES string of the molecule is [2H][C@H]1CCCN1CC. The van der Waals surface area contributed by atoms with Gasteiger partial charge in [-0.2, -0.15) is 0 Å². The fourth-order valence-electron chi connectivity index (χ4n) is 0.947.